The van der Waals surface area contributed by atoms with Gasteiger partial charge in [0.05, 0.1) is 0 Å². The fourth-order valence-corrected chi connectivity index (χ4v) is 2.15. The van der Waals surface area contributed by atoms with Crippen LogP contribution in [-0.4, -0.2) is 30.6 Å². The number of hydrogen-bond donors (Lipinski definition) is 1. The van der Waals surface area contributed by atoms with Crippen molar-refractivity contribution in [3.63, 3.8) is 0 Å². The molecular weight excluding hydrogens is 136 g/mol. The molecule has 2 rings (SSSR count). The number of nitrogens with zero attached hydrogens (tertiary/aromatic N) is 1. The molecule has 0 radical (unpaired) electrons. The molecule has 1 fully saturated rings. The van der Waals surface area contributed by atoms with Crippen molar-refractivity contribution in [3.8, 4) is 0 Å². The van der Waals surface area contributed by atoms with E-state index in [1.54, 1.807) is 0 Å². The second-order valence-corrected chi connectivity index (χ2v) is 3.59. The number of hydrogen-bond acceptors (Lipinski definition) is 2. The fourth-order valence-electron chi connectivity index (χ4n) is 2.15. The average molecular weight is 152 g/mol. The minimum Gasteiger partial charge on any atom is -0.330 e. The third-order valence-electron chi connectivity index (χ3n) is 2.74. The van der Waals surface area contributed by atoms with Crippen molar-refractivity contribution in [2.75, 3.05) is 19.6 Å². The highest BCUT2D eigenvalue weighted by atomic mass is 15.2. The zero-order valence-corrected chi connectivity index (χ0v) is 6.87. The number of fused-ring (bicyclic) bond motifs is 2. The SMILES string of the molecule is NCCCN1C[C@@H]2C=C[C@@H]1C2. The van der Waals surface area contributed by atoms with Gasteiger partial charge in [0.2, 0.25) is 0 Å². The molecular formula is C9H16N2. The van der Waals surface area contributed by atoms with Crippen molar-refractivity contribution in [1.29, 1.82) is 0 Å². The van der Waals surface area contributed by atoms with Crippen molar-refractivity contribution in [2.24, 2.45) is 11.7 Å². The molecule has 2 atom stereocenters. The van der Waals surface area contributed by atoms with Crippen LogP contribution in [0.1, 0.15) is 12.8 Å². The number of likely N-dealkylation sites (tertiary alicyclic amines) is 1. The molecule has 1 aliphatic heterocycles. The van der Waals surface area contributed by atoms with Crippen molar-refractivity contribution < 1.29 is 0 Å². The van der Waals surface area contributed by atoms with Crippen LogP contribution in [0.5, 0.6) is 0 Å². The monoisotopic (exact) mass is 152 g/mol. The van der Waals surface area contributed by atoms with Gasteiger partial charge in [0.1, 0.15) is 0 Å². The van der Waals surface area contributed by atoms with E-state index in [9.17, 15) is 0 Å². The third kappa shape index (κ3) is 1.33. The Hall–Kier alpha value is -0.340. The zero-order valence-electron chi connectivity index (χ0n) is 6.87. The Kier molecular flexibility index (Phi) is 1.96. The quantitative estimate of drug-likeness (QED) is 0.600. The summed E-state index contributed by atoms with van der Waals surface area (Å²) in [5.74, 6) is 0.859. The van der Waals surface area contributed by atoms with Crippen LogP contribution in [0.3, 0.4) is 0 Å². The summed E-state index contributed by atoms with van der Waals surface area (Å²) in [5.41, 5.74) is 5.46. The minimum atomic E-state index is 0.756. The molecule has 1 aliphatic carbocycles. The normalized spacial score (nSPS) is 35.4. The maximum atomic E-state index is 5.46. The Morgan fingerprint density at radius 3 is 2.91 bits per heavy atom. The second kappa shape index (κ2) is 2.95. The molecule has 2 bridgehead atoms. The molecule has 0 spiro atoms. The second-order valence-electron chi connectivity index (χ2n) is 3.59. The van der Waals surface area contributed by atoms with Crippen LogP contribution >= 0.6 is 0 Å². The highest BCUT2D eigenvalue weighted by Gasteiger charge is 2.32. The molecule has 2 nitrogen and oxygen atoms in total. The van der Waals surface area contributed by atoms with Gasteiger partial charge in [0, 0.05) is 12.6 Å². The van der Waals surface area contributed by atoms with Crippen LogP contribution in [-0.2, 0) is 0 Å². The van der Waals surface area contributed by atoms with Gasteiger partial charge in [0.15, 0.2) is 0 Å². The van der Waals surface area contributed by atoms with E-state index in [4.69, 9.17) is 5.73 Å². The Bertz CT molecular complexity index is 165. The smallest absolute Gasteiger partial charge is 0.0284 e. The van der Waals surface area contributed by atoms with Gasteiger partial charge in [-0.15, -0.1) is 0 Å². The molecule has 0 aromatic rings. The first-order valence-corrected chi connectivity index (χ1v) is 4.52. The van der Waals surface area contributed by atoms with E-state index in [1.165, 1.54) is 19.5 Å². The molecule has 0 amide bonds. The maximum Gasteiger partial charge on any atom is 0.0284 e. The van der Waals surface area contributed by atoms with Crippen LogP contribution in [0, 0.1) is 5.92 Å². The Balaban J connectivity index is 1.84. The van der Waals surface area contributed by atoms with Gasteiger partial charge in [-0.1, -0.05) is 12.2 Å². The number of rotatable bonds is 3. The number of nitrogens with two attached hydrogens (primary N) is 1. The molecule has 62 valence electrons. The van der Waals surface area contributed by atoms with E-state index >= 15 is 0 Å². The predicted molar refractivity (Wildman–Crippen MR) is 46.3 cm³/mol. The fraction of sp³-hybridized carbons (Fsp3) is 0.778. The van der Waals surface area contributed by atoms with E-state index in [2.05, 4.69) is 17.1 Å². The first-order chi connectivity index (χ1) is 5.40. The van der Waals surface area contributed by atoms with Crippen molar-refractivity contribution in [2.45, 2.75) is 18.9 Å². The highest BCUT2D eigenvalue weighted by Crippen LogP contribution is 2.30. The lowest BCUT2D eigenvalue weighted by Crippen LogP contribution is -2.31. The van der Waals surface area contributed by atoms with Gasteiger partial charge in [-0.25, -0.2) is 0 Å². The lowest BCUT2D eigenvalue weighted by Gasteiger charge is -2.22. The average Bonchev–Trinajstić information content (AvgIpc) is 2.60. The zero-order chi connectivity index (χ0) is 7.68. The molecule has 0 aromatic heterocycles. The van der Waals surface area contributed by atoms with Crippen LogP contribution in [0.15, 0.2) is 12.2 Å². The molecule has 0 unspecified atom stereocenters. The Morgan fingerprint density at radius 1 is 1.45 bits per heavy atom. The summed E-state index contributed by atoms with van der Waals surface area (Å²) in [6.07, 6.45) is 7.23. The molecule has 2 heteroatoms. The van der Waals surface area contributed by atoms with E-state index in [-0.39, 0.29) is 0 Å². The van der Waals surface area contributed by atoms with Gasteiger partial charge in [-0.3, -0.25) is 4.90 Å². The van der Waals surface area contributed by atoms with E-state index in [1.807, 2.05) is 0 Å². The van der Waals surface area contributed by atoms with Gasteiger partial charge in [-0.2, -0.15) is 0 Å². The van der Waals surface area contributed by atoms with Crippen LogP contribution in [0.25, 0.3) is 0 Å². The summed E-state index contributed by atoms with van der Waals surface area (Å²) in [5, 5.41) is 0. The predicted octanol–water partition coefficient (Wildman–Crippen LogP) is 0.595. The summed E-state index contributed by atoms with van der Waals surface area (Å²) >= 11 is 0. The van der Waals surface area contributed by atoms with E-state index < -0.39 is 0 Å². The summed E-state index contributed by atoms with van der Waals surface area (Å²) in [4.78, 5) is 2.55. The summed E-state index contributed by atoms with van der Waals surface area (Å²) in [6, 6.07) is 0.756. The minimum absolute atomic E-state index is 0.756. The van der Waals surface area contributed by atoms with Gasteiger partial charge < -0.3 is 5.73 Å². The van der Waals surface area contributed by atoms with Crippen molar-refractivity contribution in [3.05, 3.63) is 12.2 Å². The molecule has 2 N–H and O–H groups in total. The van der Waals surface area contributed by atoms with Gasteiger partial charge >= 0.3 is 0 Å². The van der Waals surface area contributed by atoms with Crippen LogP contribution in [0.4, 0.5) is 0 Å². The van der Waals surface area contributed by atoms with E-state index in [0.717, 1.165) is 24.9 Å². The standard InChI is InChI=1S/C9H16N2/c10-4-1-5-11-7-8-2-3-9(11)6-8/h2-3,8-9H,1,4-7,10H2/t8-,9-/m1/s1. The summed E-state index contributed by atoms with van der Waals surface area (Å²) < 4.78 is 0. The lowest BCUT2D eigenvalue weighted by atomic mass is 10.2. The van der Waals surface area contributed by atoms with Crippen LogP contribution in [0.2, 0.25) is 0 Å². The summed E-state index contributed by atoms with van der Waals surface area (Å²) in [6.45, 7) is 3.31. The largest absolute Gasteiger partial charge is 0.330 e. The first kappa shape index (κ1) is 7.32. The van der Waals surface area contributed by atoms with Gasteiger partial charge in [0.25, 0.3) is 0 Å². The molecule has 0 aromatic carbocycles. The maximum absolute atomic E-state index is 5.46. The highest BCUT2D eigenvalue weighted by molar-refractivity contribution is 5.12. The Labute approximate surface area is 68.1 Å². The summed E-state index contributed by atoms with van der Waals surface area (Å²) in [7, 11) is 0. The third-order valence-corrected chi connectivity index (χ3v) is 2.74. The van der Waals surface area contributed by atoms with Gasteiger partial charge in [-0.05, 0) is 31.8 Å². The molecule has 1 saturated heterocycles. The molecule has 1 heterocycles. The first-order valence-electron chi connectivity index (χ1n) is 4.52. The van der Waals surface area contributed by atoms with Crippen molar-refractivity contribution in [1.82, 2.24) is 4.90 Å². The van der Waals surface area contributed by atoms with E-state index in [0.29, 0.717) is 0 Å². The molecule has 11 heavy (non-hydrogen) atoms. The lowest BCUT2D eigenvalue weighted by molar-refractivity contribution is 0.278. The Morgan fingerprint density at radius 2 is 2.36 bits per heavy atom. The topological polar surface area (TPSA) is 29.3 Å². The molecule has 2 aliphatic rings. The molecule has 0 saturated carbocycles. The van der Waals surface area contributed by atoms with Crippen LogP contribution < -0.4 is 5.73 Å². The van der Waals surface area contributed by atoms with Crippen molar-refractivity contribution >= 4 is 0 Å².